The van der Waals surface area contributed by atoms with Crippen LogP contribution >= 0.6 is 15.9 Å². The minimum Gasteiger partial charge on any atom is -0.454 e. The number of sulfonamides is 1. The first-order valence-corrected chi connectivity index (χ1v) is 8.42. The zero-order chi connectivity index (χ0) is 15.0. The van der Waals surface area contributed by atoms with E-state index in [0.717, 1.165) is 5.56 Å². The predicted molar refractivity (Wildman–Crippen MR) is 82.3 cm³/mol. The monoisotopic (exact) mass is 369 g/mol. The average Bonchev–Trinajstić information content (AvgIpc) is 2.85. The van der Waals surface area contributed by atoms with Gasteiger partial charge >= 0.3 is 0 Å². The van der Waals surface area contributed by atoms with Crippen molar-refractivity contribution in [1.29, 1.82) is 0 Å². The van der Waals surface area contributed by atoms with Crippen LogP contribution in [0, 0.1) is 6.92 Å². The number of halogens is 1. The van der Waals surface area contributed by atoms with Crippen LogP contribution in [-0.2, 0) is 10.0 Å². The fraction of sp³-hybridized carbons (Fsp3) is 0.143. The van der Waals surface area contributed by atoms with E-state index in [4.69, 9.17) is 9.47 Å². The van der Waals surface area contributed by atoms with Gasteiger partial charge in [-0.05, 0) is 52.7 Å². The third kappa shape index (κ3) is 2.84. The first-order chi connectivity index (χ1) is 9.95. The molecule has 0 atom stereocenters. The van der Waals surface area contributed by atoms with Gasteiger partial charge in [0.15, 0.2) is 11.5 Å². The number of hydrogen-bond acceptors (Lipinski definition) is 4. The second-order valence-electron chi connectivity index (χ2n) is 4.61. The Labute approximate surface area is 131 Å². The molecule has 0 saturated heterocycles. The molecule has 0 saturated carbocycles. The van der Waals surface area contributed by atoms with Gasteiger partial charge in [0, 0.05) is 10.5 Å². The fourth-order valence-corrected chi connectivity index (χ4v) is 4.24. The summed E-state index contributed by atoms with van der Waals surface area (Å²) in [5.41, 5.74) is 1.40. The number of benzene rings is 2. The lowest BCUT2D eigenvalue weighted by molar-refractivity contribution is 0.174. The molecule has 0 aromatic heterocycles. The van der Waals surface area contributed by atoms with E-state index in [2.05, 4.69) is 20.7 Å². The molecule has 2 aromatic carbocycles. The van der Waals surface area contributed by atoms with Gasteiger partial charge in [-0.2, -0.15) is 0 Å². The number of aryl methyl sites for hydroxylation is 1. The van der Waals surface area contributed by atoms with Crippen LogP contribution in [0.5, 0.6) is 11.5 Å². The second-order valence-corrected chi connectivity index (χ2v) is 7.11. The molecule has 7 heteroatoms. The molecule has 0 spiro atoms. The summed E-state index contributed by atoms with van der Waals surface area (Å²) in [4.78, 5) is 0.186. The molecule has 0 unspecified atom stereocenters. The van der Waals surface area contributed by atoms with Crippen molar-refractivity contribution in [3.8, 4) is 11.5 Å². The molecule has 0 aliphatic carbocycles. The molecule has 5 nitrogen and oxygen atoms in total. The van der Waals surface area contributed by atoms with Crippen molar-refractivity contribution in [2.24, 2.45) is 0 Å². The summed E-state index contributed by atoms with van der Waals surface area (Å²) in [6.07, 6.45) is 0. The van der Waals surface area contributed by atoms with Crippen LogP contribution in [0.2, 0.25) is 0 Å². The highest BCUT2D eigenvalue weighted by Crippen LogP contribution is 2.35. The number of rotatable bonds is 3. The third-order valence-electron chi connectivity index (χ3n) is 3.00. The number of hydrogen-bond donors (Lipinski definition) is 1. The number of anilines is 1. The highest BCUT2D eigenvalue weighted by atomic mass is 79.9. The topological polar surface area (TPSA) is 64.6 Å². The summed E-state index contributed by atoms with van der Waals surface area (Å²) >= 11 is 3.28. The highest BCUT2D eigenvalue weighted by Gasteiger charge is 2.20. The van der Waals surface area contributed by atoms with E-state index < -0.39 is 10.0 Å². The maximum atomic E-state index is 12.4. The van der Waals surface area contributed by atoms with Gasteiger partial charge in [-0.25, -0.2) is 8.42 Å². The maximum Gasteiger partial charge on any atom is 0.263 e. The summed E-state index contributed by atoms with van der Waals surface area (Å²) in [6.45, 7) is 2.04. The van der Waals surface area contributed by atoms with Crippen LogP contribution in [-0.4, -0.2) is 15.2 Å². The van der Waals surface area contributed by atoms with Crippen molar-refractivity contribution in [2.45, 2.75) is 11.8 Å². The third-order valence-corrected chi connectivity index (χ3v) is 5.36. The highest BCUT2D eigenvalue weighted by molar-refractivity contribution is 9.10. The van der Waals surface area contributed by atoms with Crippen LogP contribution in [0.4, 0.5) is 5.69 Å². The molecule has 21 heavy (non-hydrogen) atoms. The lowest BCUT2D eigenvalue weighted by atomic mass is 10.2. The van der Waals surface area contributed by atoms with E-state index in [0.29, 0.717) is 21.7 Å². The van der Waals surface area contributed by atoms with Gasteiger partial charge in [0.1, 0.15) is 4.90 Å². The Morgan fingerprint density at radius 1 is 1.10 bits per heavy atom. The molecule has 1 N–H and O–H groups in total. The molecule has 2 aromatic rings. The Morgan fingerprint density at radius 3 is 2.62 bits per heavy atom. The van der Waals surface area contributed by atoms with Crippen molar-refractivity contribution >= 4 is 31.6 Å². The van der Waals surface area contributed by atoms with Crippen LogP contribution in [0.1, 0.15) is 5.56 Å². The van der Waals surface area contributed by atoms with Crippen molar-refractivity contribution in [3.63, 3.8) is 0 Å². The molecule has 1 heterocycles. The fourth-order valence-electron chi connectivity index (χ4n) is 1.99. The van der Waals surface area contributed by atoms with Gasteiger partial charge in [0.05, 0.1) is 5.69 Å². The number of nitrogens with one attached hydrogen (secondary N) is 1. The van der Waals surface area contributed by atoms with E-state index in [1.165, 1.54) is 0 Å². The Balaban J connectivity index is 1.92. The summed E-state index contributed by atoms with van der Waals surface area (Å²) in [5, 5.41) is 0. The summed E-state index contributed by atoms with van der Waals surface area (Å²) in [7, 11) is -3.67. The molecule has 3 rings (SSSR count). The molecular formula is C14H12BrNO4S. The Bertz CT molecular complexity index is 805. The Hall–Kier alpha value is -1.73. The van der Waals surface area contributed by atoms with E-state index in [1.54, 1.807) is 36.4 Å². The van der Waals surface area contributed by atoms with Crippen molar-refractivity contribution in [2.75, 3.05) is 11.5 Å². The van der Waals surface area contributed by atoms with Gasteiger partial charge in [-0.15, -0.1) is 0 Å². The first kappa shape index (κ1) is 14.2. The molecule has 0 amide bonds. The number of fused-ring (bicyclic) bond motifs is 1. The average molecular weight is 370 g/mol. The summed E-state index contributed by atoms with van der Waals surface area (Å²) in [5.74, 6) is 1.13. The van der Waals surface area contributed by atoms with Gasteiger partial charge < -0.3 is 9.47 Å². The van der Waals surface area contributed by atoms with Crippen LogP contribution in [0.3, 0.4) is 0 Å². The van der Waals surface area contributed by atoms with Crippen molar-refractivity contribution in [1.82, 2.24) is 0 Å². The molecule has 0 bridgehead atoms. The van der Waals surface area contributed by atoms with E-state index in [-0.39, 0.29) is 11.7 Å². The van der Waals surface area contributed by atoms with E-state index in [9.17, 15) is 8.42 Å². The molecule has 0 radical (unpaired) electrons. The maximum absolute atomic E-state index is 12.4. The van der Waals surface area contributed by atoms with Crippen LogP contribution in [0.15, 0.2) is 45.8 Å². The zero-order valence-electron chi connectivity index (χ0n) is 11.1. The van der Waals surface area contributed by atoms with Gasteiger partial charge in [-0.3, -0.25) is 4.72 Å². The Morgan fingerprint density at radius 2 is 1.86 bits per heavy atom. The minimum absolute atomic E-state index is 0.148. The Kier molecular flexibility index (Phi) is 3.54. The SMILES string of the molecule is Cc1ccc(S(=O)(=O)Nc2ccc3c(c2)OCO3)c(Br)c1. The lowest BCUT2D eigenvalue weighted by Gasteiger charge is -2.10. The predicted octanol–water partition coefficient (Wildman–Crippen LogP) is 3.29. The van der Waals surface area contributed by atoms with Crippen molar-refractivity contribution in [3.05, 3.63) is 46.4 Å². The largest absolute Gasteiger partial charge is 0.454 e. The van der Waals surface area contributed by atoms with Gasteiger partial charge in [-0.1, -0.05) is 6.07 Å². The van der Waals surface area contributed by atoms with Gasteiger partial charge in [0.25, 0.3) is 10.0 Å². The van der Waals surface area contributed by atoms with E-state index >= 15 is 0 Å². The standard InChI is InChI=1S/C14H12BrNO4S/c1-9-2-5-14(11(15)6-9)21(17,18)16-10-3-4-12-13(7-10)20-8-19-12/h2-7,16H,8H2,1H3. The molecule has 1 aliphatic heterocycles. The first-order valence-electron chi connectivity index (χ1n) is 6.14. The summed E-state index contributed by atoms with van der Waals surface area (Å²) in [6, 6.07) is 9.97. The van der Waals surface area contributed by atoms with Crippen molar-refractivity contribution < 1.29 is 17.9 Å². The molecule has 1 aliphatic rings. The quantitative estimate of drug-likeness (QED) is 0.901. The molecular weight excluding hydrogens is 358 g/mol. The number of ether oxygens (including phenoxy) is 2. The smallest absolute Gasteiger partial charge is 0.263 e. The molecule has 0 fully saturated rings. The second kappa shape index (κ2) is 5.23. The zero-order valence-corrected chi connectivity index (χ0v) is 13.5. The summed E-state index contributed by atoms with van der Waals surface area (Å²) < 4.78 is 38.3. The minimum atomic E-state index is -3.67. The van der Waals surface area contributed by atoms with Crippen LogP contribution < -0.4 is 14.2 Å². The normalized spacial score (nSPS) is 13.2. The molecule has 110 valence electrons. The van der Waals surface area contributed by atoms with Gasteiger partial charge in [0.2, 0.25) is 6.79 Å². The lowest BCUT2D eigenvalue weighted by Crippen LogP contribution is -2.13. The van der Waals surface area contributed by atoms with E-state index in [1.807, 2.05) is 6.92 Å². The van der Waals surface area contributed by atoms with Crippen LogP contribution in [0.25, 0.3) is 0 Å².